The number of aliphatic carboxylic acids is 1. The monoisotopic (exact) mass is 643 g/mol. The van der Waals surface area contributed by atoms with E-state index in [-0.39, 0.29) is 39.5 Å². The van der Waals surface area contributed by atoms with E-state index >= 15 is 0 Å². The smallest absolute Gasteiger partial charge is 0.338 e. The molecule has 0 aromatic heterocycles. The molecule has 0 spiro atoms. The summed E-state index contributed by atoms with van der Waals surface area (Å²) in [4.78, 5) is 25.8. The Balaban J connectivity index is 1.31. The fraction of sp³-hybridized carbons (Fsp3) is 0.714. The van der Waals surface area contributed by atoms with Crippen molar-refractivity contribution in [3.05, 3.63) is 53.6 Å². The molecule has 0 aliphatic heterocycles. The van der Waals surface area contributed by atoms with Crippen LogP contribution in [0.2, 0.25) is 0 Å². The molecule has 258 valence electrons. The van der Waals surface area contributed by atoms with E-state index in [9.17, 15) is 14.7 Å². The van der Waals surface area contributed by atoms with Gasteiger partial charge < -0.3 is 15.2 Å². The first-order valence-electron chi connectivity index (χ1n) is 18.5. The summed E-state index contributed by atoms with van der Waals surface area (Å²) < 4.78 is 5.62. The van der Waals surface area contributed by atoms with Crippen LogP contribution < -0.4 is 5.32 Å². The van der Waals surface area contributed by atoms with Crippen molar-refractivity contribution in [2.45, 2.75) is 119 Å². The standard InChI is InChI=1S/C42H61NO4/c1-26(25-43-10)29-17-22-42(36(45)46)24-23-40(8)31(34(29)42)15-16-33-39(7)20-18-30(38(5,6)32(39)19-21-41(33,40)9)27-11-13-28(14-12-27)35(44)47-37(2,3)4/h11-14,18,29,31-34,43H,1,15-17,19-25H2,2-10H3,(H,45,46)/t29-,31+,32-,33+,34+,39-,40+,41+,42-/m0/s1. The first kappa shape index (κ1) is 34.5. The first-order chi connectivity index (χ1) is 21.9. The van der Waals surface area contributed by atoms with Gasteiger partial charge in [-0.25, -0.2) is 4.79 Å². The molecule has 6 rings (SSSR count). The molecule has 47 heavy (non-hydrogen) atoms. The Bertz CT molecular complexity index is 1470. The predicted molar refractivity (Wildman–Crippen MR) is 190 cm³/mol. The molecular weight excluding hydrogens is 582 g/mol. The molecule has 0 heterocycles. The predicted octanol–water partition coefficient (Wildman–Crippen LogP) is 9.58. The summed E-state index contributed by atoms with van der Waals surface area (Å²) in [7, 11) is 1.98. The Labute approximate surface area is 284 Å². The van der Waals surface area contributed by atoms with Gasteiger partial charge in [0, 0.05) is 6.54 Å². The van der Waals surface area contributed by atoms with Gasteiger partial charge in [0.05, 0.1) is 11.0 Å². The number of esters is 1. The minimum absolute atomic E-state index is 0.00795. The van der Waals surface area contributed by atoms with Crippen molar-refractivity contribution in [1.29, 1.82) is 0 Å². The number of allylic oxidation sites excluding steroid dienone is 2. The van der Waals surface area contributed by atoms with Crippen molar-refractivity contribution in [3.63, 3.8) is 0 Å². The molecule has 2 N–H and O–H groups in total. The van der Waals surface area contributed by atoms with E-state index in [1.165, 1.54) is 36.0 Å². The van der Waals surface area contributed by atoms with Crippen LogP contribution in [0, 0.1) is 56.7 Å². The number of ether oxygens (including phenoxy) is 1. The fourth-order valence-corrected chi connectivity index (χ4v) is 13.0. The van der Waals surface area contributed by atoms with Gasteiger partial charge in [-0.3, -0.25) is 4.79 Å². The fourth-order valence-electron chi connectivity index (χ4n) is 13.0. The van der Waals surface area contributed by atoms with Crippen molar-refractivity contribution >= 4 is 17.5 Å². The van der Waals surface area contributed by atoms with Gasteiger partial charge in [0.1, 0.15) is 5.60 Å². The first-order valence-corrected chi connectivity index (χ1v) is 18.5. The summed E-state index contributed by atoms with van der Waals surface area (Å²) in [6.45, 7) is 23.7. The molecule has 5 aliphatic rings. The Morgan fingerprint density at radius 3 is 2.21 bits per heavy atom. The molecule has 5 heteroatoms. The molecule has 5 aliphatic carbocycles. The number of carboxylic acid groups (broad SMARTS) is 1. The van der Waals surface area contributed by atoms with Crippen molar-refractivity contribution in [2.75, 3.05) is 13.6 Å². The number of likely N-dealkylation sites (N-methyl/N-ethyl adjacent to an activating group) is 1. The highest BCUT2D eigenvalue weighted by atomic mass is 16.6. The number of fused-ring (bicyclic) bond motifs is 7. The number of nitrogens with one attached hydrogen (secondary N) is 1. The van der Waals surface area contributed by atoms with Gasteiger partial charge in [-0.05, 0) is 160 Å². The van der Waals surface area contributed by atoms with Gasteiger partial charge in [-0.15, -0.1) is 0 Å². The molecule has 1 aromatic rings. The minimum atomic E-state index is -0.598. The van der Waals surface area contributed by atoms with Crippen LogP contribution >= 0.6 is 0 Å². The Kier molecular flexibility index (Phi) is 8.30. The third-order valence-electron chi connectivity index (χ3n) is 15.2. The van der Waals surface area contributed by atoms with Crippen LogP contribution in [0.25, 0.3) is 5.57 Å². The van der Waals surface area contributed by atoms with E-state index in [1.807, 2.05) is 40.0 Å². The molecule has 0 amide bonds. The highest BCUT2D eigenvalue weighted by Crippen LogP contribution is 2.77. The number of hydrogen-bond donors (Lipinski definition) is 2. The van der Waals surface area contributed by atoms with E-state index < -0.39 is 17.0 Å². The zero-order valence-electron chi connectivity index (χ0n) is 30.7. The summed E-state index contributed by atoms with van der Waals surface area (Å²) in [6.07, 6.45) is 11.9. The Morgan fingerprint density at radius 1 is 0.915 bits per heavy atom. The quantitative estimate of drug-likeness (QED) is 0.239. The Morgan fingerprint density at radius 2 is 1.60 bits per heavy atom. The maximum absolute atomic E-state index is 13.1. The number of hydrogen-bond acceptors (Lipinski definition) is 4. The minimum Gasteiger partial charge on any atom is -0.481 e. The molecule has 1 aromatic carbocycles. The largest absolute Gasteiger partial charge is 0.481 e. The lowest BCUT2D eigenvalue weighted by atomic mass is 9.32. The van der Waals surface area contributed by atoms with E-state index in [1.54, 1.807) is 0 Å². The molecule has 4 saturated carbocycles. The summed E-state index contributed by atoms with van der Waals surface area (Å²) in [6, 6.07) is 8.09. The second kappa shape index (κ2) is 11.3. The summed E-state index contributed by atoms with van der Waals surface area (Å²) >= 11 is 0. The maximum Gasteiger partial charge on any atom is 0.338 e. The summed E-state index contributed by atoms with van der Waals surface area (Å²) in [5.41, 5.74) is 3.75. The topological polar surface area (TPSA) is 75.6 Å². The van der Waals surface area contributed by atoms with E-state index in [0.717, 1.165) is 45.1 Å². The van der Waals surface area contributed by atoms with Crippen LogP contribution in [0.1, 0.15) is 129 Å². The van der Waals surface area contributed by atoms with Crippen LogP contribution in [0.5, 0.6) is 0 Å². The summed E-state index contributed by atoms with van der Waals surface area (Å²) in [5, 5.41) is 14.1. The lowest BCUT2D eigenvalue weighted by Crippen LogP contribution is -2.66. The Hall–Kier alpha value is -2.40. The lowest BCUT2D eigenvalue weighted by Gasteiger charge is -2.72. The van der Waals surface area contributed by atoms with Crippen LogP contribution in [-0.2, 0) is 9.53 Å². The molecule has 4 fully saturated rings. The average molecular weight is 644 g/mol. The third-order valence-corrected chi connectivity index (χ3v) is 15.2. The zero-order valence-corrected chi connectivity index (χ0v) is 30.7. The van der Waals surface area contributed by atoms with Gasteiger partial charge >= 0.3 is 11.9 Å². The molecule has 9 atom stereocenters. The highest BCUT2D eigenvalue weighted by Gasteiger charge is 2.71. The lowest BCUT2D eigenvalue weighted by molar-refractivity contribution is -0.227. The molecule has 0 radical (unpaired) electrons. The second-order valence-electron chi connectivity index (χ2n) is 18.6. The molecule has 0 unspecified atom stereocenters. The third kappa shape index (κ3) is 5.02. The SMILES string of the molecule is C=C(CNC)[C@@H]1CC[C@]2(C(=O)O)CC[C@]3(C)[C@H](CC[C@@H]4[C@@]5(C)CC=C(c6ccc(C(=O)OC(C)(C)C)cc6)C(C)(C)[C@@H]5CC[C@]43C)[C@@H]12. The van der Waals surface area contributed by atoms with Gasteiger partial charge in [-0.1, -0.05) is 65.0 Å². The van der Waals surface area contributed by atoms with E-state index in [2.05, 4.69) is 64.7 Å². The van der Waals surface area contributed by atoms with Crippen molar-refractivity contribution in [1.82, 2.24) is 5.32 Å². The van der Waals surface area contributed by atoms with E-state index in [0.29, 0.717) is 23.3 Å². The van der Waals surface area contributed by atoms with Gasteiger partial charge in [0.15, 0.2) is 0 Å². The van der Waals surface area contributed by atoms with Gasteiger partial charge in [-0.2, -0.15) is 0 Å². The van der Waals surface area contributed by atoms with Gasteiger partial charge in [0.2, 0.25) is 0 Å². The van der Waals surface area contributed by atoms with Crippen LogP contribution in [0.4, 0.5) is 0 Å². The second-order valence-corrected chi connectivity index (χ2v) is 18.6. The van der Waals surface area contributed by atoms with Crippen molar-refractivity contribution < 1.29 is 19.4 Å². The van der Waals surface area contributed by atoms with Gasteiger partial charge in [0.25, 0.3) is 0 Å². The number of carbonyl (C=O) groups excluding carboxylic acids is 1. The summed E-state index contributed by atoms with van der Waals surface area (Å²) in [5.74, 6) is 1.20. The van der Waals surface area contributed by atoms with Crippen LogP contribution in [0.3, 0.4) is 0 Å². The highest BCUT2D eigenvalue weighted by molar-refractivity contribution is 5.90. The molecule has 0 bridgehead atoms. The van der Waals surface area contributed by atoms with Crippen molar-refractivity contribution in [2.24, 2.45) is 56.7 Å². The van der Waals surface area contributed by atoms with Crippen LogP contribution in [-0.4, -0.2) is 36.2 Å². The maximum atomic E-state index is 13.1. The number of benzene rings is 1. The number of carbonyl (C=O) groups is 2. The zero-order chi connectivity index (χ0) is 34.4. The average Bonchev–Trinajstić information content (AvgIpc) is 3.38. The number of carboxylic acids is 1. The van der Waals surface area contributed by atoms with E-state index in [4.69, 9.17) is 4.74 Å². The molecule has 0 saturated heterocycles. The normalized spacial score (nSPS) is 40.6. The van der Waals surface area contributed by atoms with Crippen LogP contribution in [0.15, 0.2) is 42.5 Å². The molecule has 5 nitrogen and oxygen atoms in total. The van der Waals surface area contributed by atoms with Crippen molar-refractivity contribution in [3.8, 4) is 0 Å². The number of rotatable bonds is 6. The molecular formula is C42H61NO4.